The molecule has 1 unspecified atom stereocenters. The number of hydrogen-bond donors (Lipinski definition) is 4. The van der Waals surface area contributed by atoms with E-state index in [0.717, 1.165) is 22.0 Å². The molecule has 166 valence electrons. The molecule has 0 aromatic carbocycles. The summed E-state index contributed by atoms with van der Waals surface area (Å²) >= 11 is 1.61. The van der Waals surface area contributed by atoms with E-state index in [1.165, 1.54) is 4.90 Å². The van der Waals surface area contributed by atoms with Crippen molar-refractivity contribution in [2.24, 2.45) is 16.8 Å². The van der Waals surface area contributed by atoms with Gasteiger partial charge in [0.2, 0.25) is 5.91 Å². The van der Waals surface area contributed by atoms with Crippen LogP contribution in [0.5, 0.6) is 0 Å². The largest absolute Gasteiger partial charge is 0.477 e. The van der Waals surface area contributed by atoms with Gasteiger partial charge in [0.05, 0.1) is 24.6 Å². The summed E-state index contributed by atoms with van der Waals surface area (Å²) in [6, 6.07) is 3.71. The van der Waals surface area contributed by atoms with Crippen LogP contribution in [0.15, 0.2) is 39.6 Å². The number of hydrogen-bond acceptors (Lipinski definition) is 8. The van der Waals surface area contributed by atoms with Crippen LogP contribution in [0.2, 0.25) is 0 Å². The SMILES string of the molecule is CSc1ncccc1CNCC1=NCC(C2=C(C(=O)O)N3C(=O)[C@H]([C@@H](C)O)[C@H]3C2)CN1. The molecule has 0 bridgehead atoms. The van der Waals surface area contributed by atoms with Gasteiger partial charge >= 0.3 is 5.97 Å². The molecule has 4 atom stereocenters. The lowest BCUT2D eigenvalue weighted by atomic mass is 9.82. The van der Waals surface area contributed by atoms with E-state index in [1.807, 2.05) is 18.4 Å². The Morgan fingerprint density at radius 3 is 2.90 bits per heavy atom. The number of amides is 1. The Bertz CT molecular complexity index is 947. The molecular weight excluding hydrogens is 418 g/mol. The Kier molecular flexibility index (Phi) is 6.31. The van der Waals surface area contributed by atoms with E-state index in [-0.39, 0.29) is 23.6 Å². The molecule has 0 radical (unpaired) electrons. The second-order valence-electron chi connectivity index (χ2n) is 8.07. The van der Waals surface area contributed by atoms with Gasteiger partial charge < -0.3 is 25.7 Å². The molecule has 4 N–H and O–H groups in total. The number of pyridine rings is 1. The van der Waals surface area contributed by atoms with Gasteiger partial charge in [-0.15, -0.1) is 11.8 Å². The Hall–Kier alpha value is -2.43. The second kappa shape index (κ2) is 8.97. The highest BCUT2D eigenvalue weighted by molar-refractivity contribution is 7.98. The van der Waals surface area contributed by atoms with Gasteiger partial charge in [-0.1, -0.05) is 6.07 Å². The number of amidine groups is 1. The Morgan fingerprint density at radius 2 is 2.26 bits per heavy atom. The van der Waals surface area contributed by atoms with E-state index < -0.39 is 18.0 Å². The number of carbonyl (C=O) groups excluding carboxylic acids is 1. The van der Waals surface area contributed by atoms with Gasteiger partial charge in [-0.25, -0.2) is 9.78 Å². The Morgan fingerprint density at radius 1 is 1.45 bits per heavy atom. The molecule has 1 fully saturated rings. The number of thioether (sulfide) groups is 1. The summed E-state index contributed by atoms with van der Waals surface area (Å²) in [7, 11) is 0. The van der Waals surface area contributed by atoms with Crippen molar-refractivity contribution in [2.75, 3.05) is 25.9 Å². The van der Waals surface area contributed by atoms with Crippen molar-refractivity contribution in [1.82, 2.24) is 20.5 Å². The number of aliphatic carboxylic acids is 1. The number of fused-ring (bicyclic) bond motifs is 1. The lowest BCUT2D eigenvalue weighted by Gasteiger charge is -2.44. The monoisotopic (exact) mass is 445 g/mol. The fourth-order valence-electron chi connectivity index (χ4n) is 4.66. The summed E-state index contributed by atoms with van der Waals surface area (Å²) in [5, 5.41) is 27.3. The zero-order chi connectivity index (χ0) is 22.1. The highest BCUT2D eigenvalue weighted by Gasteiger charge is 2.57. The van der Waals surface area contributed by atoms with Gasteiger partial charge in [-0.2, -0.15) is 0 Å². The van der Waals surface area contributed by atoms with Crippen LogP contribution in [0.25, 0.3) is 0 Å². The van der Waals surface area contributed by atoms with Crippen molar-refractivity contribution < 1.29 is 19.8 Å². The first-order valence-electron chi connectivity index (χ1n) is 10.4. The molecular formula is C21H27N5O4S. The minimum absolute atomic E-state index is 0.0793. The average Bonchev–Trinajstić information content (AvgIpc) is 3.09. The van der Waals surface area contributed by atoms with E-state index in [0.29, 0.717) is 32.6 Å². The third kappa shape index (κ3) is 4.07. The minimum Gasteiger partial charge on any atom is -0.477 e. The van der Waals surface area contributed by atoms with E-state index in [1.54, 1.807) is 24.9 Å². The zero-order valence-electron chi connectivity index (χ0n) is 17.5. The molecule has 1 aromatic rings. The summed E-state index contributed by atoms with van der Waals surface area (Å²) in [6.07, 6.45) is 3.48. The van der Waals surface area contributed by atoms with Crippen LogP contribution in [0.3, 0.4) is 0 Å². The van der Waals surface area contributed by atoms with Crippen molar-refractivity contribution in [2.45, 2.75) is 37.1 Å². The van der Waals surface area contributed by atoms with Crippen molar-refractivity contribution in [3.8, 4) is 0 Å². The molecule has 0 saturated carbocycles. The number of nitrogens with zero attached hydrogens (tertiary/aromatic N) is 3. The van der Waals surface area contributed by atoms with E-state index in [4.69, 9.17) is 0 Å². The molecule has 10 heteroatoms. The fourth-order valence-corrected chi connectivity index (χ4v) is 5.23. The highest BCUT2D eigenvalue weighted by Crippen LogP contribution is 2.45. The molecule has 31 heavy (non-hydrogen) atoms. The molecule has 3 aliphatic rings. The second-order valence-corrected chi connectivity index (χ2v) is 8.86. The van der Waals surface area contributed by atoms with Crippen molar-refractivity contribution in [1.29, 1.82) is 0 Å². The summed E-state index contributed by atoms with van der Waals surface area (Å²) in [4.78, 5) is 34.6. The third-order valence-electron chi connectivity index (χ3n) is 6.16. The number of aliphatic hydroxyl groups excluding tert-OH is 1. The molecule has 1 saturated heterocycles. The number of nitrogens with one attached hydrogen (secondary N) is 2. The first-order chi connectivity index (χ1) is 14.9. The normalized spacial score (nSPS) is 26.2. The smallest absolute Gasteiger partial charge is 0.352 e. The maximum Gasteiger partial charge on any atom is 0.352 e. The number of carbonyl (C=O) groups is 2. The van der Waals surface area contributed by atoms with Crippen molar-refractivity contribution in [3.63, 3.8) is 0 Å². The van der Waals surface area contributed by atoms with Gasteiger partial charge in [0.15, 0.2) is 0 Å². The van der Waals surface area contributed by atoms with Crippen molar-refractivity contribution in [3.05, 3.63) is 35.2 Å². The minimum atomic E-state index is -1.09. The summed E-state index contributed by atoms with van der Waals surface area (Å²) in [5.41, 5.74) is 1.96. The average molecular weight is 446 g/mol. The van der Waals surface area contributed by atoms with Gasteiger partial charge in [-0.3, -0.25) is 9.79 Å². The predicted octanol–water partition coefficient (Wildman–Crippen LogP) is 0.461. The van der Waals surface area contributed by atoms with Gasteiger partial charge in [0.1, 0.15) is 16.6 Å². The number of aliphatic hydroxyl groups is 1. The topological polar surface area (TPSA) is 127 Å². The summed E-state index contributed by atoms with van der Waals surface area (Å²) < 4.78 is 0. The number of aliphatic imine (C=N–C) groups is 1. The molecule has 0 aliphatic carbocycles. The van der Waals surface area contributed by atoms with Gasteiger partial charge in [0.25, 0.3) is 0 Å². The van der Waals surface area contributed by atoms with Gasteiger partial charge in [-0.05, 0) is 36.8 Å². The standard InChI is InChI=1S/C21H27N5O4S/c1-11(27)17-15-6-14(18(21(29)30)26(15)20(17)28)13-8-24-16(25-9-13)10-22-7-12-4-3-5-23-19(12)31-2/h3-5,11,13,15,17,22,27H,6-10H2,1-2H3,(H,24,25)(H,29,30)/t11-,15-,17-/m1/s1. The molecule has 4 heterocycles. The zero-order valence-corrected chi connectivity index (χ0v) is 18.4. The number of β-lactam (4-membered cyclic amide) rings is 1. The van der Waals surface area contributed by atoms with Crippen LogP contribution >= 0.6 is 11.8 Å². The quantitative estimate of drug-likeness (QED) is 0.336. The maximum absolute atomic E-state index is 12.4. The van der Waals surface area contributed by atoms with E-state index in [9.17, 15) is 19.8 Å². The summed E-state index contributed by atoms with van der Waals surface area (Å²) in [6.45, 7) is 3.90. The number of aromatic nitrogens is 1. The van der Waals surface area contributed by atoms with Crippen LogP contribution in [-0.2, 0) is 16.1 Å². The fraction of sp³-hybridized carbons (Fsp3) is 0.524. The van der Waals surface area contributed by atoms with E-state index >= 15 is 0 Å². The molecule has 0 spiro atoms. The van der Waals surface area contributed by atoms with Gasteiger partial charge in [0, 0.05) is 31.7 Å². The van der Waals surface area contributed by atoms with Crippen LogP contribution in [-0.4, -0.2) is 75.8 Å². The first kappa shape index (κ1) is 21.8. The number of carboxylic acid groups (broad SMARTS) is 1. The maximum atomic E-state index is 12.4. The lowest BCUT2D eigenvalue weighted by molar-refractivity contribution is -0.161. The van der Waals surface area contributed by atoms with Crippen LogP contribution in [0.4, 0.5) is 0 Å². The predicted molar refractivity (Wildman–Crippen MR) is 117 cm³/mol. The summed E-state index contributed by atoms with van der Waals surface area (Å²) in [5.74, 6) is -1.16. The van der Waals surface area contributed by atoms with Crippen LogP contribution < -0.4 is 10.6 Å². The Balaban J connectivity index is 1.38. The Labute approximate surface area is 185 Å². The molecule has 3 aliphatic heterocycles. The van der Waals surface area contributed by atoms with Crippen LogP contribution in [0, 0.1) is 11.8 Å². The highest BCUT2D eigenvalue weighted by atomic mass is 32.2. The third-order valence-corrected chi connectivity index (χ3v) is 6.92. The molecule has 9 nitrogen and oxygen atoms in total. The van der Waals surface area contributed by atoms with Crippen molar-refractivity contribution >= 4 is 29.5 Å². The van der Waals surface area contributed by atoms with E-state index in [2.05, 4.69) is 20.6 Å². The molecule has 1 amide bonds. The molecule has 1 aromatic heterocycles. The number of rotatable bonds is 8. The molecule has 4 rings (SSSR count). The first-order valence-corrected chi connectivity index (χ1v) is 11.6. The lowest BCUT2D eigenvalue weighted by Crippen LogP contribution is -2.61. The van der Waals surface area contributed by atoms with Crippen LogP contribution in [0.1, 0.15) is 18.9 Å². The number of carboxylic acids is 1.